The SMILES string of the molecule is CCNC(=NCC1(C2CC2)CC1)NC(C)C. The fourth-order valence-electron chi connectivity index (χ4n) is 2.38. The van der Waals surface area contributed by atoms with Gasteiger partial charge in [-0.15, -0.1) is 0 Å². The average molecular weight is 223 g/mol. The zero-order chi connectivity index (χ0) is 11.6. The van der Waals surface area contributed by atoms with E-state index in [1.165, 1.54) is 25.7 Å². The normalized spacial score (nSPS) is 23.4. The molecule has 0 radical (unpaired) electrons. The zero-order valence-corrected chi connectivity index (χ0v) is 10.8. The largest absolute Gasteiger partial charge is 0.357 e. The molecule has 92 valence electrons. The molecular formula is C13H25N3. The molecule has 0 unspecified atom stereocenters. The number of aliphatic imine (C=N–C) groups is 1. The summed E-state index contributed by atoms with van der Waals surface area (Å²) in [4.78, 5) is 4.74. The molecule has 2 aliphatic carbocycles. The Hall–Kier alpha value is -0.730. The van der Waals surface area contributed by atoms with E-state index in [1.54, 1.807) is 0 Å². The first kappa shape index (κ1) is 11.7. The Morgan fingerprint density at radius 3 is 2.50 bits per heavy atom. The van der Waals surface area contributed by atoms with Crippen LogP contribution in [0.15, 0.2) is 4.99 Å². The van der Waals surface area contributed by atoms with Crippen molar-refractivity contribution in [3.05, 3.63) is 0 Å². The van der Waals surface area contributed by atoms with Gasteiger partial charge < -0.3 is 10.6 Å². The van der Waals surface area contributed by atoms with Crippen LogP contribution in [0.25, 0.3) is 0 Å². The fraction of sp³-hybridized carbons (Fsp3) is 0.923. The molecular weight excluding hydrogens is 198 g/mol. The molecule has 3 heteroatoms. The number of rotatable bonds is 5. The van der Waals surface area contributed by atoms with Gasteiger partial charge in [-0.3, -0.25) is 4.99 Å². The maximum absolute atomic E-state index is 4.74. The summed E-state index contributed by atoms with van der Waals surface area (Å²) in [6, 6.07) is 0.453. The first-order valence-electron chi connectivity index (χ1n) is 6.71. The molecule has 2 rings (SSSR count). The highest BCUT2D eigenvalue weighted by molar-refractivity contribution is 5.80. The van der Waals surface area contributed by atoms with Crippen LogP contribution >= 0.6 is 0 Å². The van der Waals surface area contributed by atoms with Gasteiger partial charge >= 0.3 is 0 Å². The lowest BCUT2D eigenvalue weighted by molar-refractivity contribution is 0.452. The Bertz CT molecular complexity index is 262. The van der Waals surface area contributed by atoms with E-state index in [1.807, 2.05) is 0 Å². The topological polar surface area (TPSA) is 36.4 Å². The summed E-state index contributed by atoms with van der Waals surface area (Å²) in [7, 11) is 0. The van der Waals surface area contributed by atoms with Gasteiger partial charge in [-0.2, -0.15) is 0 Å². The van der Waals surface area contributed by atoms with Crippen molar-refractivity contribution in [2.75, 3.05) is 13.1 Å². The number of guanidine groups is 1. The van der Waals surface area contributed by atoms with Crippen molar-refractivity contribution in [3.8, 4) is 0 Å². The van der Waals surface area contributed by atoms with Gasteiger partial charge in [0.25, 0.3) is 0 Å². The van der Waals surface area contributed by atoms with Crippen LogP contribution in [-0.2, 0) is 0 Å². The molecule has 2 fully saturated rings. The van der Waals surface area contributed by atoms with E-state index < -0.39 is 0 Å². The molecule has 0 aromatic heterocycles. The molecule has 0 aromatic carbocycles. The minimum Gasteiger partial charge on any atom is -0.357 e. The van der Waals surface area contributed by atoms with Crippen molar-refractivity contribution < 1.29 is 0 Å². The smallest absolute Gasteiger partial charge is 0.191 e. The lowest BCUT2D eigenvalue weighted by Gasteiger charge is -2.16. The second-order valence-electron chi connectivity index (χ2n) is 5.63. The van der Waals surface area contributed by atoms with Gasteiger partial charge in [0.05, 0.1) is 0 Å². The molecule has 0 heterocycles. The highest BCUT2D eigenvalue weighted by Crippen LogP contribution is 2.61. The van der Waals surface area contributed by atoms with Gasteiger partial charge in [-0.1, -0.05) is 0 Å². The van der Waals surface area contributed by atoms with Crippen LogP contribution in [0.3, 0.4) is 0 Å². The van der Waals surface area contributed by atoms with Gasteiger partial charge in [0.15, 0.2) is 5.96 Å². The van der Waals surface area contributed by atoms with Gasteiger partial charge in [0.2, 0.25) is 0 Å². The van der Waals surface area contributed by atoms with Gasteiger partial charge in [0, 0.05) is 19.1 Å². The number of nitrogens with one attached hydrogen (secondary N) is 2. The molecule has 0 spiro atoms. The lowest BCUT2D eigenvalue weighted by atomic mass is 10.0. The number of hydrogen-bond acceptors (Lipinski definition) is 1. The van der Waals surface area contributed by atoms with Gasteiger partial charge in [-0.25, -0.2) is 0 Å². The standard InChI is InChI=1S/C13H25N3/c1-4-14-12(16-10(2)3)15-9-13(7-8-13)11-5-6-11/h10-11H,4-9H2,1-3H3,(H2,14,15,16). The third-order valence-corrected chi connectivity index (χ3v) is 3.66. The second-order valence-corrected chi connectivity index (χ2v) is 5.63. The zero-order valence-electron chi connectivity index (χ0n) is 10.8. The molecule has 0 saturated heterocycles. The van der Waals surface area contributed by atoms with E-state index in [-0.39, 0.29) is 0 Å². The van der Waals surface area contributed by atoms with Crippen LogP contribution in [0.4, 0.5) is 0 Å². The summed E-state index contributed by atoms with van der Waals surface area (Å²) >= 11 is 0. The van der Waals surface area contributed by atoms with Crippen molar-refractivity contribution in [2.24, 2.45) is 16.3 Å². The van der Waals surface area contributed by atoms with Crippen LogP contribution in [0, 0.1) is 11.3 Å². The first-order valence-corrected chi connectivity index (χ1v) is 6.71. The quantitative estimate of drug-likeness (QED) is 0.553. The summed E-state index contributed by atoms with van der Waals surface area (Å²) in [6.07, 6.45) is 5.71. The molecule has 3 nitrogen and oxygen atoms in total. The van der Waals surface area contributed by atoms with E-state index >= 15 is 0 Å². The molecule has 0 bridgehead atoms. The van der Waals surface area contributed by atoms with Crippen molar-refractivity contribution in [1.29, 1.82) is 0 Å². The van der Waals surface area contributed by atoms with Crippen LogP contribution < -0.4 is 10.6 Å². The third-order valence-electron chi connectivity index (χ3n) is 3.66. The van der Waals surface area contributed by atoms with Gasteiger partial charge in [0.1, 0.15) is 0 Å². The Morgan fingerprint density at radius 2 is 2.06 bits per heavy atom. The Labute approximate surface area is 99.1 Å². The lowest BCUT2D eigenvalue weighted by Crippen LogP contribution is -2.41. The van der Waals surface area contributed by atoms with Crippen LogP contribution in [0.5, 0.6) is 0 Å². The van der Waals surface area contributed by atoms with E-state index in [0.29, 0.717) is 11.5 Å². The molecule has 0 atom stereocenters. The molecule has 16 heavy (non-hydrogen) atoms. The van der Waals surface area contributed by atoms with E-state index in [0.717, 1.165) is 25.0 Å². The van der Waals surface area contributed by atoms with Crippen molar-refractivity contribution >= 4 is 5.96 Å². The van der Waals surface area contributed by atoms with E-state index in [9.17, 15) is 0 Å². The van der Waals surface area contributed by atoms with Crippen molar-refractivity contribution in [3.63, 3.8) is 0 Å². The number of nitrogens with zero attached hydrogens (tertiary/aromatic N) is 1. The predicted molar refractivity (Wildman–Crippen MR) is 68.6 cm³/mol. The van der Waals surface area contributed by atoms with Crippen LogP contribution in [-0.4, -0.2) is 25.1 Å². The first-order chi connectivity index (χ1) is 7.66. The Morgan fingerprint density at radius 1 is 1.38 bits per heavy atom. The number of hydrogen-bond donors (Lipinski definition) is 2. The average Bonchev–Trinajstić information content (AvgIpc) is 3.06. The summed E-state index contributed by atoms with van der Waals surface area (Å²) in [6.45, 7) is 8.39. The minimum atomic E-state index is 0.453. The summed E-state index contributed by atoms with van der Waals surface area (Å²) in [5.74, 6) is 1.99. The highest BCUT2D eigenvalue weighted by Gasteiger charge is 2.53. The molecule has 0 amide bonds. The summed E-state index contributed by atoms with van der Waals surface area (Å²) < 4.78 is 0. The minimum absolute atomic E-state index is 0.453. The molecule has 0 aromatic rings. The molecule has 2 saturated carbocycles. The summed E-state index contributed by atoms with van der Waals surface area (Å²) in [5.41, 5.74) is 0.610. The Balaban J connectivity index is 1.86. The Kier molecular flexibility index (Phi) is 3.41. The van der Waals surface area contributed by atoms with Gasteiger partial charge in [-0.05, 0) is 57.8 Å². The highest BCUT2D eigenvalue weighted by atomic mass is 15.2. The van der Waals surface area contributed by atoms with E-state index in [2.05, 4.69) is 31.4 Å². The predicted octanol–water partition coefficient (Wildman–Crippen LogP) is 2.14. The third kappa shape index (κ3) is 2.89. The molecule has 2 aliphatic rings. The van der Waals surface area contributed by atoms with Crippen molar-refractivity contribution in [1.82, 2.24) is 10.6 Å². The summed E-state index contributed by atoms with van der Waals surface area (Å²) in [5, 5.41) is 6.69. The monoisotopic (exact) mass is 223 g/mol. The second kappa shape index (κ2) is 4.64. The molecule has 2 N–H and O–H groups in total. The maximum Gasteiger partial charge on any atom is 0.191 e. The fourth-order valence-corrected chi connectivity index (χ4v) is 2.38. The molecule has 0 aliphatic heterocycles. The van der Waals surface area contributed by atoms with Crippen LogP contribution in [0.2, 0.25) is 0 Å². The van der Waals surface area contributed by atoms with Crippen molar-refractivity contribution in [2.45, 2.75) is 52.5 Å². The maximum atomic E-state index is 4.74. The van der Waals surface area contributed by atoms with E-state index in [4.69, 9.17) is 4.99 Å². The van der Waals surface area contributed by atoms with Crippen LogP contribution in [0.1, 0.15) is 46.5 Å².